The number of hydrogen-bond donors (Lipinski definition) is 3. The number of nitrogens with zero attached hydrogens (tertiary/aromatic N) is 1. The van der Waals surface area contributed by atoms with Gasteiger partial charge in [0.2, 0.25) is 0 Å². The average molecular weight is 219 g/mol. The van der Waals surface area contributed by atoms with Crippen LogP contribution < -0.4 is 10.6 Å². The summed E-state index contributed by atoms with van der Waals surface area (Å²) in [6.45, 7) is 2.73. The lowest BCUT2D eigenvalue weighted by molar-refractivity contribution is 0.474. The Bertz CT molecular complexity index is 376. The summed E-state index contributed by atoms with van der Waals surface area (Å²) >= 11 is 0. The second kappa shape index (κ2) is 5.39. The zero-order valence-corrected chi connectivity index (χ0v) is 9.24. The SMILES string of the molecule is Oc1cccc(CCNC2=NCCCN2)c1. The molecule has 0 aromatic heterocycles. The number of aromatic hydroxyl groups is 1. The lowest BCUT2D eigenvalue weighted by Gasteiger charge is -2.15. The van der Waals surface area contributed by atoms with Crippen molar-refractivity contribution in [3.05, 3.63) is 29.8 Å². The molecule has 0 unspecified atom stereocenters. The quantitative estimate of drug-likeness (QED) is 0.707. The number of guanidine groups is 1. The standard InChI is InChI=1S/C12H17N3O/c16-11-4-1-3-10(9-11)5-8-15-12-13-6-2-7-14-12/h1,3-4,9,16H,2,5-8H2,(H2,13,14,15). The van der Waals surface area contributed by atoms with E-state index in [2.05, 4.69) is 15.6 Å². The minimum absolute atomic E-state index is 0.325. The van der Waals surface area contributed by atoms with E-state index in [9.17, 15) is 5.11 Å². The molecule has 0 saturated carbocycles. The second-order valence-electron chi connectivity index (χ2n) is 3.86. The van der Waals surface area contributed by atoms with E-state index in [1.165, 1.54) is 0 Å². The zero-order chi connectivity index (χ0) is 11.2. The van der Waals surface area contributed by atoms with E-state index >= 15 is 0 Å². The van der Waals surface area contributed by atoms with E-state index in [1.807, 2.05) is 12.1 Å². The Hall–Kier alpha value is -1.71. The van der Waals surface area contributed by atoms with Gasteiger partial charge in [-0.1, -0.05) is 12.1 Å². The smallest absolute Gasteiger partial charge is 0.191 e. The third-order valence-corrected chi connectivity index (χ3v) is 2.51. The molecular weight excluding hydrogens is 202 g/mol. The van der Waals surface area contributed by atoms with Crippen molar-refractivity contribution < 1.29 is 5.11 Å². The molecule has 16 heavy (non-hydrogen) atoms. The third-order valence-electron chi connectivity index (χ3n) is 2.51. The highest BCUT2D eigenvalue weighted by Crippen LogP contribution is 2.10. The molecule has 3 N–H and O–H groups in total. The van der Waals surface area contributed by atoms with Crippen LogP contribution in [0.15, 0.2) is 29.3 Å². The van der Waals surface area contributed by atoms with Gasteiger partial charge in [0.05, 0.1) is 0 Å². The lowest BCUT2D eigenvalue weighted by atomic mass is 10.1. The molecule has 4 nitrogen and oxygen atoms in total. The third kappa shape index (κ3) is 3.15. The van der Waals surface area contributed by atoms with Crippen molar-refractivity contribution in [1.82, 2.24) is 10.6 Å². The Labute approximate surface area is 95.4 Å². The van der Waals surface area contributed by atoms with Gasteiger partial charge in [0.1, 0.15) is 5.75 Å². The summed E-state index contributed by atoms with van der Waals surface area (Å²) in [5.41, 5.74) is 1.13. The van der Waals surface area contributed by atoms with Gasteiger partial charge in [0, 0.05) is 19.6 Å². The minimum atomic E-state index is 0.325. The van der Waals surface area contributed by atoms with Crippen molar-refractivity contribution in [3.63, 3.8) is 0 Å². The van der Waals surface area contributed by atoms with Crippen molar-refractivity contribution >= 4 is 5.96 Å². The second-order valence-corrected chi connectivity index (χ2v) is 3.86. The van der Waals surface area contributed by atoms with Crippen LogP contribution in [-0.4, -0.2) is 30.7 Å². The highest BCUT2D eigenvalue weighted by Gasteiger charge is 2.02. The maximum atomic E-state index is 9.30. The minimum Gasteiger partial charge on any atom is -0.508 e. The number of phenols is 1. The van der Waals surface area contributed by atoms with E-state index < -0.39 is 0 Å². The Morgan fingerprint density at radius 2 is 2.38 bits per heavy atom. The molecule has 1 heterocycles. The zero-order valence-electron chi connectivity index (χ0n) is 9.24. The summed E-state index contributed by atoms with van der Waals surface area (Å²) in [5, 5.41) is 15.8. The van der Waals surface area contributed by atoms with Gasteiger partial charge in [-0.2, -0.15) is 0 Å². The van der Waals surface area contributed by atoms with Crippen molar-refractivity contribution in [2.75, 3.05) is 19.6 Å². The van der Waals surface area contributed by atoms with Gasteiger partial charge in [-0.05, 0) is 30.5 Å². The molecule has 4 heteroatoms. The molecule has 1 aliphatic heterocycles. The summed E-state index contributed by atoms with van der Waals surface area (Å²) in [6, 6.07) is 7.35. The fourth-order valence-electron chi connectivity index (χ4n) is 1.69. The highest BCUT2D eigenvalue weighted by molar-refractivity contribution is 5.80. The summed E-state index contributed by atoms with van der Waals surface area (Å²) in [6.07, 6.45) is 1.99. The molecule has 0 atom stereocenters. The van der Waals surface area contributed by atoms with Crippen molar-refractivity contribution in [2.24, 2.45) is 4.99 Å². The van der Waals surface area contributed by atoms with E-state index in [-0.39, 0.29) is 0 Å². The number of rotatable bonds is 3. The van der Waals surface area contributed by atoms with E-state index in [0.717, 1.165) is 44.0 Å². The van der Waals surface area contributed by atoms with Crippen LogP contribution in [0.1, 0.15) is 12.0 Å². The molecule has 1 aromatic carbocycles. The first-order valence-corrected chi connectivity index (χ1v) is 5.65. The van der Waals surface area contributed by atoms with Gasteiger partial charge in [-0.3, -0.25) is 4.99 Å². The molecule has 1 aromatic rings. The molecule has 1 aliphatic rings. The monoisotopic (exact) mass is 219 g/mol. The van der Waals surface area contributed by atoms with Crippen LogP contribution in [0.5, 0.6) is 5.75 Å². The molecule has 0 saturated heterocycles. The normalized spacial score (nSPS) is 15.1. The largest absolute Gasteiger partial charge is 0.508 e. The summed E-state index contributed by atoms with van der Waals surface area (Å²) < 4.78 is 0. The Kier molecular flexibility index (Phi) is 3.64. The van der Waals surface area contributed by atoms with Gasteiger partial charge in [0.15, 0.2) is 5.96 Å². The Morgan fingerprint density at radius 3 is 3.12 bits per heavy atom. The fourth-order valence-corrected chi connectivity index (χ4v) is 1.69. The first-order chi connectivity index (χ1) is 7.84. The first kappa shape index (κ1) is 10.8. The molecule has 0 radical (unpaired) electrons. The number of hydrogen-bond acceptors (Lipinski definition) is 4. The average Bonchev–Trinajstić information content (AvgIpc) is 2.30. The van der Waals surface area contributed by atoms with Gasteiger partial charge in [-0.25, -0.2) is 0 Å². The Balaban J connectivity index is 1.77. The predicted molar refractivity (Wildman–Crippen MR) is 64.7 cm³/mol. The summed E-state index contributed by atoms with van der Waals surface area (Å²) in [7, 11) is 0. The molecule has 86 valence electrons. The first-order valence-electron chi connectivity index (χ1n) is 5.65. The molecule has 0 fully saturated rings. The summed E-state index contributed by atoms with van der Waals surface area (Å²) in [4.78, 5) is 4.32. The van der Waals surface area contributed by atoms with E-state index in [1.54, 1.807) is 12.1 Å². The number of benzene rings is 1. The molecule has 2 rings (SSSR count). The van der Waals surface area contributed by atoms with Gasteiger partial charge in [-0.15, -0.1) is 0 Å². The number of phenolic OH excluding ortho intramolecular Hbond substituents is 1. The topological polar surface area (TPSA) is 56.6 Å². The van der Waals surface area contributed by atoms with Gasteiger partial charge < -0.3 is 15.7 Å². The molecule has 0 bridgehead atoms. The van der Waals surface area contributed by atoms with Crippen molar-refractivity contribution in [1.29, 1.82) is 0 Å². The Morgan fingerprint density at radius 1 is 1.44 bits per heavy atom. The van der Waals surface area contributed by atoms with Crippen LogP contribution in [0.3, 0.4) is 0 Å². The summed E-state index contributed by atoms with van der Waals surface area (Å²) in [5.74, 6) is 1.22. The van der Waals surface area contributed by atoms with Crippen LogP contribution in [0.2, 0.25) is 0 Å². The van der Waals surface area contributed by atoms with Gasteiger partial charge >= 0.3 is 0 Å². The number of aliphatic imine (C=N–C) groups is 1. The maximum absolute atomic E-state index is 9.30. The predicted octanol–water partition coefficient (Wildman–Crippen LogP) is 0.874. The molecule has 0 amide bonds. The number of nitrogens with one attached hydrogen (secondary N) is 2. The molecular formula is C12H17N3O. The van der Waals surface area contributed by atoms with Crippen LogP contribution in [0.25, 0.3) is 0 Å². The van der Waals surface area contributed by atoms with E-state index in [0.29, 0.717) is 5.75 Å². The van der Waals surface area contributed by atoms with Crippen LogP contribution in [-0.2, 0) is 6.42 Å². The van der Waals surface area contributed by atoms with Crippen molar-refractivity contribution in [2.45, 2.75) is 12.8 Å². The van der Waals surface area contributed by atoms with Crippen LogP contribution in [0, 0.1) is 0 Å². The maximum Gasteiger partial charge on any atom is 0.191 e. The highest BCUT2D eigenvalue weighted by atomic mass is 16.3. The molecule has 0 aliphatic carbocycles. The fraction of sp³-hybridized carbons (Fsp3) is 0.417. The van der Waals surface area contributed by atoms with E-state index in [4.69, 9.17) is 0 Å². The van der Waals surface area contributed by atoms with Crippen LogP contribution >= 0.6 is 0 Å². The van der Waals surface area contributed by atoms with Gasteiger partial charge in [0.25, 0.3) is 0 Å². The lowest BCUT2D eigenvalue weighted by Crippen LogP contribution is -2.41. The molecule has 0 spiro atoms. The van der Waals surface area contributed by atoms with Crippen LogP contribution in [0.4, 0.5) is 0 Å². The van der Waals surface area contributed by atoms with Crippen molar-refractivity contribution in [3.8, 4) is 5.75 Å².